The Labute approximate surface area is 165 Å². The normalized spacial score (nSPS) is 30.9. The molecule has 2 aromatic rings. The quantitative estimate of drug-likeness (QED) is 0.821. The van der Waals surface area contributed by atoms with Crippen LogP contribution >= 0.6 is 0 Å². The number of carbonyl (C=O) groups excluding carboxylic acids is 1. The molecule has 1 aromatic heterocycles. The Morgan fingerprint density at radius 1 is 1.14 bits per heavy atom. The number of methoxy groups -OCH3 is 1. The van der Waals surface area contributed by atoms with E-state index in [0.29, 0.717) is 29.3 Å². The first-order valence-corrected chi connectivity index (χ1v) is 10.1. The summed E-state index contributed by atoms with van der Waals surface area (Å²) >= 11 is 0. The Kier molecular flexibility index (Phi) is 4.31. The van der Waals surface area contributed by atoms with Gasteiger partial charge < -0.3 is 9.64 Å². The smallest absolute Gasteiger partial charge is 0.257 e. The van der Waals surface area contributed by atoms with Gasteiger partial charge in [0.1, 0.15) is 11.6 Å². The van der Waals surface area contributed by atoms with Crippen molar-refractivity contribution in [3.8, 4) is 5.75 Å². The van der Waals surface area contributed by atoms with Crippen molar-refractivity contribution in [3.63, 3.8) is 0 Å². The van der Waals surface area contributed by atoms with Crippen LogP contribution in [-0.4, -0.2) is 64.5 Å². The molecule has 1 aromatic carbocycles. The number of hydrogen-bond acceptors (Lipinski definition) is 5. The van der Waals surface area contributed by atoms with Gasteiger partial charge in [-0.15, -0.1) is 0 Å². The molecule has 0 radical (unpaired) electrons. The molecule has 5 heterocycles. The van der Waals surface area contributed by atoms with Gasteiger partial charge in [-0.1, -0.05) is 12.1 Å². The fourth-order valence-electron chi connectivity index (χ4n) is 5.49. The van der Waals surface area contributed by atoms with Gasteiger partial charge in [0, 0.05) is 30.9 Å². The summed E-state index contributed by atoms with van der Waals surface area (Å²) in [6, 6.07) is 9.00. The van der Waals surface area contributed by atoms with Crippen molar-refractivity contribution in [3.05, 3.63) is 53.6 Å². The number of piperidine rings is 3. The highest BCUT2D eigenvalue weighted by Gasteiger charge is 2.54. The molecular formula is C22H26N4O2. The first-order valence-electron chi connectivity index (χ1n) is 10.1. The van der Waals surface area contributed by atoms with Crippen molar-refractivity contribution in [2.75, 3.05) is 26.7 Å². The summed E-state index contributed by atoms with van der Waals surface area (Å²) < 4.78 is 5.46. The number of rotatable bonds is 3. The summed E-state index contributed by atoms with van der Waals surface area (Å²) in [4.78, 5) is 26.6. The maximum Gasteiger partial charge on any atom is 0.257 e. The summed E-state index contributed by atoms with van der Waals surface area (Å²) in [5.41, 5.74) is 1.85. The topological polar surface area (TPSA) is 58.6 Å². The highest BCUT2D eigenvalue weighted by atomic mass is 16.5. The van der Waals surface area contributed by atoms with Crippen LogP contribution in [0.4, 0.5) is 0 Å². The fraction of sp³-hybridized carbons (Fsp3) is 0.500. The lowest BCUT2D eigenvalue weighted by Gasteiger charge is -2.51. The Morgan fingerprint density at radius 2 is 1.89 bits per heavy atom. The molecule has 4 aliphatic heterocycles. The van der Waals surface area contributed by atoms with Crippen LogP contribution in [-0.2, 0) is 0 Å². The SMILES string of the molecule is COc1cccc([C@H]2CN(C(=O)c3cnc(C)nc3)[C@H]3C4CCN(CC4)[C@@H]23)c1. The maximum atomic E-state index is 13.4. The van der Waals surface area contributed by atoms with Crippen molar-refractivity contribution >= 4 is 5.91 Å². The summed E-state index contributed by atoms with van der Waals surface area (Å²) in [6.07, 6.45) is 5.69. The minimum atomic E-state index is 0.0640. The standard InChI is InChI=1S/C22H26N4O2/c1-14-23-11-17(12-24-14)22(27)26-13-19(16-4-3-5-18(10-16)28-2)21-20(26)15-6-8-25(21)9-7-15/h3-5,10-12,15,19-21H,6-9,13H2,1-2H3/t19-,20+,21+/m1/s1. The predicted molar refractivity (Wildman–Crippen MR) is 105 cm³/mol. The molecule has 0 aliphatic carbocycles. The van der Waals surface area contributed by atoms with Gasteiger partial charge in [-0.05, 0) is 56.5 Å². The van der Waals surface area contributed by atoms with Crippen molar-refractivity contribution in [1.29, 1.82) is 0 Å². The number of amides is 1. The second-order valence-corrected chi connectivity index (χ2v) is 8.21. The second-order valence-electron chi connectivity index (χ2n) is 8.21. The van der Waals surface area contributed by atoms with E-state index in [9.17, 15) is 4.79 Å². The van der Waals surface area contributed by atoms with Crippen molar-refractivity contribution in [2.45, 2.75) is 37.8 Å². The van der Waals surface area contributed by atoms with Crippen molar-refractivity contribution < 1.29 is 9.53 Å². The largest absolute Gasteiger partial charge is 0.497 e. The molecule has 0 unspecified atom stereocenters. The fourth-order valence-corrected chi connectivity index (χ4v) is 5.49. The van der Waals surface area contributed by atoms with E-state index >= 15 is 0 Å². The molecule has 6 heteroatoms. The number of benzene rings is 1. The lowest BCUT2D eigenvalue weighted by Crippen LogP contribution is -2.60. The van der Waals surface area contributed by atoms with E-state index in [4.69, 9.17) is 4.74 Å². The van der Waals surface area contributed by atoms with Crippen LogP contribution in [0.1, 0.15) is 40.5 Å². The predicted octanol–water partition coefficient (Wildman–Crippen LogP) is 2.50. The van der Waals surface area contributed by atoms with Crippen LogP contribution < -0.4 is 4.74 Å². The zero-order valence-electron chi connectivity index (χ0n) is 16.4. The molecule has 6 nitrogen and oxygen atoms in total. The lowest BCUT2D eigenvalue weighted by atomic mass is 9.75. The number of likely N-dealkylation sites (tertiary alicyclic amines) is 1. The molecule has 6 rings (SSSR count). The Hall–Kier alpha value is -2.47. The average Bonchev–Trinajstić information content (AvgIpc) is 3.18. The zero-order chi connectivity index (χ0) is 19.3. The van der Waals surface area contributed by atoms with Gasteiger partial charge in [-0.25, -0.2) is 9.97 Å². The molecule has 0 saturated carbocycles. The number of nitrogens with zero attached hydrogens (tertiary/aromatic N) is 4. The number of fused-ring (bicyclic) bond motifs is 2. The van der Waals surface area contributed by atoms with E-state index in [-0.39, 0.29) is 11.9 Å². The monoisotopic (exact) mass is 378 g/mol. The molecule has 4 aliphatic rings. The summed E-state index contributed by atoms with van der Waals surface area (Å²) in [5.74, 6) is 2.52. The van der Waals surface area contributed by atoms with Gasteiger partial charge in [-0.3, -0.25) is 9.69 Å². The molecule has 4 fully saturated rings. The van der Waals surface area contributed by atoms with Gasteiger partial charge in [0.25, 0.3) is 5.91 Å². The van der Waals surface area contributed by atoms with Gasteiger partial charge in [0.05, 0.1) is 18.7 Å². The molecule has 4 saturated heterocycles. The molecule has 0 spiro atoms. The second kappa shape index (κ2) is 6.85. The molecule has 28 heavy (non-hydrogen) atoms. The lowest BCUT2D eigenvalue weighted by molar-refractivity contribution is -0.00344. The highest BCUT2D eigenvalue weighted by Crippen LogP contribution is 2.47. The zero-order valence-corrected chi connectivity index (χ0v) is 16.4. The Bertz CT molecular complexity index is 876. The molecule has 1 amide bonds. The van der Waals surface area contributed by atoms with Crippen LogP contribution in [0.15, 0.2) is 36.7 Å². The highest BCUT2D eigenvalue weighted by molar-refractivity contribution is 5.94. The Morgan fingerprint density at radius 3 is 2.61 bits per heavy atom. The first-order chi connectivity index (χ1) is 13.7. The van der Waals surface area contributed by atoms with E-state index < -0.39 is 0 Å². The van der Waals surface area contributed by atoms with Gasteiger partial charge in [0.15, 0.2) is 0 Å². The van der Waals surface area contributed by atoms with Crippen LogP contribution in [0.2, 0.25) is 0 Å². The van der Waals surface area contributed by atoms with Crippen LogP contribution in [0, 0.1) is 12.8 Å². The van der Waals surface area contributed by atoms with Gasteiger partial charge in [0.2, 0.25) is 0 Å². The Balaban J connectivity index is 1.51. The van der Waals surface area contributed by atoms with Gasteiger partial charge >= 0.3 is 0 Å². The van der Waals surface area contributed by atoms with Gasteiger partial charge in [-0.2, -0.15) is 0 Å². The number of ether oxygens (including phenoxy) is 1. The van der Waals surface area contributed by atoms with Crippen molar-refractivity contribution in [2.24, 2.45) is 5.92 Å². The van der Waals surface area contributed by atoms with E-state index in [2.05, 4.69) is 38.0 Å². The summed E-state index contributed by atoms with van der Waals surface area (Å²) in [5, 5.41) is 0. The summed E-state index contributed by atoms with van der Waals surface area (Å²) in [7, 11) is 1.70. The minimum Gasteiger partial charge on any atom is -0.497 e. The third-order valence-corrected chi connectivity index (χ3v) is 6.80. The minimum absolute atomic E-state index is 0.0640. The number of aryl methyl sites for hydroxylation is 1. The van der Waals surface area contributed by atoms with Crippen LogP contribution in [0.3, 0.4) is 0 Å². The number of carbonyl (C=O) groups is 1. The number of hydrogen-bond donors (Lipinski definition) is 0. The third-order valence-electron chi connectivity index (χ3n) is 6.80. The molecule has 2 bridgehead atoms. The average molecular weight is 378 g/mol. The first kappa shape index (κ1) is 17.6. The molecule has 3 atom stereocenters. The van der Waals surface area contributed by atoms with E-state index in [1.54, 1.807) is 19.5 Å². The maximum absolute atomic E-state index is 13.4. The summed E-state index contributed by atoms with van der Waals surface area (Å²) in [6.45, 7) is 4.86. The van der Waals surface area contributed by atoms with E-state index in [1.807, 2.05) is 13.0 Å². The number of aromatic nitrogens is 2. The molecule has 0 N–H and O–H groups in total. The third kappa shape index (κ3) is 2.78. The van der Waals surface area contributed by atoms with Crippen LogP contribution in [0.5, 0.6) is 5.75 Å². The van der Waals surface area contributed by atoms with Crippen LogP contribution in [0.25, 0.3) is 0 Å². The van der Waals surface area contributed by atoms with Crippen molar-refractivity contribution in [1.82, 2.24) is 19.8 Å². The van der Waals surface area contributed by atoms with E-state index in [1.165, 1.54) is 18.4 Å². The molecular weight excluding hydrogens is 352 g/mol. The molecule has 146 valence electrons. The van der Waals surface area contributed by atoms with E-state index in [0.717, 1.165) is 25.4 Å².